The zero-order chi connectivity index (χ0) is 13.9. The van der Waals surface area contributed by atoms with Crippen molar-refractivity contribution in [3.63, 3.8) is 0 Å². The van der Waals surface area contributed by atoms with Crippen LogP contribution >= 0.6 is 0 Å². The second-order valence-corrected chi connectivity index (χ2v) is 5.55. The zero-order valence-electron chi connectivity index (χ0n) is 11.6. The maximum atomic E-state index is 10.2. The van der Waals surface area contributed by atoms with Gasteiger partial charge in [-0.15, -0.1) is 0 Å². The number of carboxylic acid groups (broad SMARTS) is 1. The van der Waals surface area contributed by atoms with Crippen LogP contribution in [0, 0.1) is 5.41 Å². The molecular weight excluding hydrogens is 220 g/mol. The van der Waals surface area contributed by atoms with E-state index in [1.54, 1.807) is 0 Å². The molecule has 0 aliphatic heterocycles. The Kier molecular flexibility index (Phi) is 11.6. The van der Waals surface area contributed by atoms with Crippen LogP contribution in [-0.2, 0) is 4.79 Å². The predicted molar refractivity (Wildman–Crippen MR) is 68.9 cm³/mol. The molecule has 0 aliphatic rings. The van der Waals surface area contributed by atoms with Gasteiger partial charge in [0.1, 0.15) is 0 Å². The topological polar surface area (TPSA) is 77.8 Å². The standard InChI is InChI=1S/C10H20O2.C3H8O2/c1-10(2,3)8-6-4-5-7-9(11)12;1-3(5)2-4/h4-8H2,1-3H3,(H,11,12);3-5H,2H2,1H3. The van der Waals surface area contributed by atoms with Gasteiger partial charge < -0.3 is 15.3 Å². The lowest BCUT2D eigenvalue weighted by atomic mass is 9.89. The van der Waals surface area contributed by atoms with E-state index in [2.05, 4.69) is 20.8 Å². The molecule has 1 atom stereocenters. The molecule has 0 aromatic rings. The summed E-state index contributed by atoms with van der Waals surface area (Å²) in [6.07, 6.45) is 3.97. The summed E-state index contributed by atoms with van der Waals surface area (Å²) in [5, 5.41) is 24.4. The molecule has 0 aromatic carbocycles. The van der Waals surface area contributed by atoms with Gasteiger partial charge in [-0.25, -0.2) is 0 Å². The molecule has 104 valence electrons. The highest BCUT2D eigenvalue weighted by Gasteiger charge is 2.08. The van der Waals surface area contributed by atoms with Crippen molar-refractivity contribution in [1.82, 2.24) is 0 Å². The fraction of sp³-hybridized carbons (Fsp3) is 0.923. The monoisotopic (exact) mass is 248 g/mol. The van der Waals surface area contributed by atoms with Crippen molar-refractivity contribution in [2.24, 2.45) is 5.41 Å². The van der Waals surface area contributed by atoms with Crippen molar-refractivity contribution in [2.45, 2.75) is 65.9 Å². The van der Waals surface area contributed by atoms with E-state index in [1.807, 2.05) is 0 Å². The highest BCUT2D eigenvalue weighted by atomic mass is 16.4. The lowest BCUT2D eigenvalue weighted by molar-refractivity contribution is -0.137. The van der Waals surface area contributed by atoms with Crippen molar-refractivity contribution in [3.8, 4) is 0 Å². The number of rotatable bonds is 6. The van der Waals surface area contributed by atoms with Crippen LogP contribution in [0.5, 0.6) is 0 Å². The fourth-order valence-electron chi connectivity index (χ4n) is 1.11. The van der Waals surface area contributed by atoms with Gasteiger partial charge >= 0.3 is 5.97 Å². The molecule has 0 aliphatic carbocycles. The predicted octanol–water partition coefficient (Wildman–Crippen LogP) is 2.43. The molecule has 0 rings (SSSR count). The Balaban J connectivity index is 0. The molecule has 0 bridgehead atoms. The Bertz CT molecular complexity index is 182. The van der Waals surface area contributed by atoms with Crippen LogP contribution in [0.2, 0.25) is 0 Å². The summed E-state index contributed by atoms with van der Waals surface area (Å²) < 4.78 is 0. The van der Waals surface area contributed by atoms with Crippen LogP contribution < -0.4 is 0 Å². The molecule has 0 fully saturated rings. The van der Waals surface area contributed by atoms with Gasteiger partial charge in [-0.05, 0) is 25.2 Å². The van der Waals surface area contributed by atoms with Crippen LogP contribution in [0.1, 0.15) is 59.8 Å². The Morgan fingerprint density at radius 3 is 1.94 bits per heavy atom. The van der Waals surface area contributed by atoms with E-state index < -0.39 is 12.1 Å². The van der Waals surface area contributed by atoms with Crippen LogP contribution in [0.25, 0.3) is 0 Å². The summed E-state index contributed by atoms with van der Waals surface area (Å²) in [5.41, 5.74) is 0.392. The Hall–Kier alpha value is -0.610. The first-order valence-electron chi connectivity index (χ1n) is 6.19. The number of hydrogen-bond acceptors (Lipinski definition) is 3. The van der Waals surface area contributed by atoms with Crippen molar-refractivity contribution < 1.29 is 20.1 Å². The molecule has 4 heteroatoms. The summed E-state index contributed by atoms with van der Waals surface area (Å²) in [6, 6.07) is 0. The van der Waals surface area contributed by atoms with Gasteiger partial charge in [-0.1, -0.05) is 33.6 Å². The smallest absolute Gasteiger partial charge is 0.303 e. The fourth-order valence-corrected chi connectivity index (χ4v) is 1.11. The van der Waals surface area contributed by atoms with E-state index in [9.17, 15) is 4.79 Å². The quantitative estimate of drug-likeness (QED) is 0.631. The van der Waals surface area contributed by atoms with Gasteiger partial charge in [0.15, 0.2) is 0 Å². The summed E-state index contributed by atoms with van der Waals surface area (Å²) in [6.45, 7) is 8.03. The van der Waals surface area contributed by atoms with Crippen LogP contribution in [0.4, 0.5) is 0 Å². The molecule has 0 heterocycles. The summed E-state index contributed by atoms with van der Waals surface area (Å²) >= 11 is 0. The first-order valence-corrected chi connectivity index (χ1v) is 6.19. The molecule has 1 unspecified atom stereocenters. The third-order valence-corrected chi connectivity index (χ3v) is 2.08. The third kappa shape index (κ3) is 25.6. The molecule has 0 saturated carbocycles. The Morgan fingerprint density at radius 1 is 1.18 bits per heavy atom. The lowest BCUT2D eigenvalue weighted by Gasteiger charge is -2.17. The van der Waals surface area contributed by atoms with Gasteiger partial charge in [-0.3, -0.25) is 4.79 Å². The molecule has 0 spiro atoms. The minimum Gasteiger partial charge on any atom is -0.481 e. The number of aliphatic hydroxyl groups excluding tert-OH is 2. The third-order valence-electron chi connectivity index (χ3n) is 2.08. The molecule has 0 amide bonds. The average Bonchev–Trinajstić information content (AvgIpc) is 2.16. The summed E-state index contributed by atoms with van der Waals surface area (Å²) in [7, 11) is 0. The highest BCUT2D eigenvalue weighted by Crippen LogP contribution is 2.22. The number of aliphatic carboxylic acids is 1. The van der Waals surface area contributed by atoms with Gasteiger partial charge in [0.25, 0.3) is 0 Å². The number of carbonyl (C=O) groups is 1. The van der Waals surface area contributed by atoms with Crippen LogP contribution in [0.3, 0.4) is 0 Å². The van der Waals surface area contributed by atoms with Crippen molar-refractivity contribution in [1.29, 1.82) is 0 Å². The second kappa shape index (κ2) is 10.5. The largest absolute Gasteiger partial charge is 0.481 e. The molecule has 3 N–H and O–H groups in total. The lowest BCUT2D eigenvalue weighted by Crippen LogP contribution is -2.04. The van der Waals surface area contributed by atoms with Crippen molar-refractivity contribution in [3.05, 3.63) is 0 Å². The van der Waals surface area contributed by atoms with Crippen molar-refractivity contribution >= 4 is 5.97 Å². The molecule has 0 aromatic heterocycles. The Labute approximate surface area is 105 Å². The maximum Gasteiger partial charge on any atom is 0.303 e. The number of carboxylic acids is 1. The van der Waals surface area contributed by atoms with Crippen LogP contribution in [-0.4, -0.2) is 34.0 Å². The minimum atomic E-state index is -0.675. The molecule has 4 nitrogen and oxygen atoms in total. The first-order chi connectivity index (χ1) is 7.69. The zero-order valence-corrected chi connectivity index (χ0v) is 11.6. The van der Waals surface area contributed by atoms with Gasteiger partial charge in [0, 0.05) is 6.42 Å². The Morgan fingerprint density at radius 2 is 1.65 bits per heavy atom. The van der Waals surface area contributed by atoms with Crippen LogP contribution in [0.15, 0.2) is 0 Å². The van der Waals surface area contributed by atoms with Crippen molar-refractivity contribution in [2.75, 3.05) is 6.61 Å². The second-order valence-electron chi connectivity index (χ2n) is 5.55. The van der Waals surface area contributed by atoms with E-state index in [4.69, 9.17) is 15.3 Å². The van der Waals surface area contributed by atoms with Gasteiger partial charge in [0.05, 0.1) is 12.7 Å². The van der Waals surface area contributed by atoms with E-state index in [1.165, 1.54) is 13.3 Å². The molecule has 0 saturated heterocycles. The number of aliphatic hydroxyl groups is 2. The normalized spacial score (nSPS) is 12.6. The van der Waals surface area contributed by atoms with E-state index in [-0.39, 0.29) is 6.61 Å². The van der Waals surface area contributed by atoms with Gasteiger partial charge in [-0.2, -0.15) is 0 Å². The average molecular weight is 248 g/mol. The number of unbranched alkanes of at least 4 members (excludes halogenated alkanes) is 2. The summed E-state index contributed by atoms with van der Waals surface area (Å²) in [4.78, 5) is 10.2. The number of hydrogen-bond donors (Lipinski definition) is 3. The molecular formula is C13H28O4. The van der Waals surface area contributed by atoms with E-state index in [0.717, 1.165) is 19.3 Å². The molecule has 0 radical (unpaired) electrons. The maximum absolute atomic E-state index is 10.2. The molecule has 17 heavy (non-hydrogen) atoms. The SMILES string of the molecule is CC(C)(C)CCCCCC(=O)O.CC(O)CO. The van der Waals surface area contributed by atoms with Gasteiger partial charge in [0.2, 0.25) is 0 Å². The first kappa shape index (κ1) is 18.7. The highest BCUT2D eigenvalue weighted by molar-refractivity contribution is 5.66. The van der Waals surface area contributed by atoms with E-state index in [0.29, 0.717) is 11.8 Å². The minimum absolute atomic E-state index is 0.139. The summed E-state index contributed by atoms with van der Waals surface area (Å²) in [5.74, 6) is -0.675. The van der Waals surface area contributed by atoms with E-state index >= 15 is 0 Å².